The van der Waals surface area contributed by atoms with Crippen LogP contribution in [0.3, 0.4) is 0 Å². The van der Waals surface area contributed by atoms with Gasteiger partial charge in [0.15, 0.2) is 5.69 Å². The predicted molar refractivity (Wildman–Crippen MR) is 81.5 cm³/mol. The zero-order valence-corrected chi connectivity index (χ0v) is 12.1. The van der Waals surface area contributed by atoms with Crippen LogP contribution in [0.1, 0.15) is 10.5 Å². The Kier molecular flexibility index (Phi) is 4.13. The van der Waals surface area contributed by atoms with Gasteiger partial charge in [-0.15, -0.1) is 0 Å². The third kappa shape index (κ3) is 2.77. The number of methoxy groups -OCH3 is 1. The maximum Gasteiger partial charge on any atom is 0.358 e. The summed E-state index contributed by atoms with van der Waals surface area (Å²) in [6.45, 7) is 0. The molecule has 114 valence electrons. The topological polar surface area (TPSA) is 134 Å². The van der Waals surface area contributed by atoms with Crippen LogP contribution in [0.4, 0.5) is 17.1 Å². The van der Waals surface area contributed by atoms with E-state index in [4.69, 9.17) is 23.1 Å². The van der Waals surface area contributed by atoms with Crippen LogP contribution < -0.4 is 11.5 Å². The smallest absolute Gasteiger partial charge is 0.358 e. The summed E-state index contributed by atoms with van der Waals surface area (Å²) in [5, 5.41) is 10.8. The molecule has 0 saturated heterocycles. The van der Waals surface area contributed by atoms with Crippen molar-refractivity contribution in [3.8, 4) is 11.3 Å². The predicted octanol–water partition coefficient (Wildman–Crippen LogP) is 2.26. The lowest BCUT2D eigenvalue weighted by atomic mass is 10.1. The van der Waals surface area contributed by atoms with Gasteiger partial charge in [-0.25, -0.2) is 9.78 Å². The summed E-state index contributed by atoms with van der Waals surface area (Å²) in [5.74, 6) is -0.775. The minimum absolute atomic E-state index is 0.0559. The first-order valence-electron chi connectivity index (χ1n) is 5.93. The van der Waals surface area contributed by atoms with Crippen molar-refractivity contribution in [2.75, 3.05) is 18.6 Å². The normalized spacial score (nSPS) is 10.3. The second-order valence-electron chi connectivity index (χ2n) is 4.28. The van der Waals surface area contributed by atoms with E-state index in [1.165, 1.54) is 31.4 Å². The van der Waals surface area contributed by atoms with E-state index < -0.39 is 10.9 Å². The molecule has 1 aromatic heterocycles. The maximum absolute atomic E-state index is 11.7. The molecule has 9 heteroatoms. The lowest BCUT2D eigenvalue weighted by Gasteiger charge is -2.10. The van der Waals surface area contributed by atoms with Crippen LogP contribution in [0.5, 0.6) is 0 Å². The molecule has 2 aromatic rings. The first-order valence-corrected chi connectivity index (χ1v) is 6.31. The molecule has 22 heavy (non-hydrogen) atoms. The number of carbonyl (C=O) groups is 1. The van der Waals surface area contributed by atoms with Crippen LogP contribution in [-0.4, -0.2) is 23.0 Å². The highest BCUT2D eigenvalue weighted by Crippen LogP contribution is 2.33. The van der Waals surface area contributed by atoms with Crippen LogP contribution in [0, 0.1) is 10.1 Å². The van der Waals surface area contributed by atoms with Crippen molar-refractivity contribution in [2.45, 2.75) is 0 Å². The summed E-state index contributed by atoms with van der Waals surface area (Å²) in [7, 11) is 1.17. The van der Waals surface area contributed by atoms with Crippen LogP contribution in [0.25, 0.3) is 11.3 Å². The van der Waals surface area contributed by atoms with Gasteiger partial charge >= 0.3 is 5.97 Å². The number of halogens is 1. The molecule has 0 atom stereocenters. The standard InChI is InChI=1S/C13H11ClN4O4/c1-22-13(19)12-11(14)9(16)5-10(17-12)7-4-6(18(20)21)2-3-8(7)15/h2-5H,15H2,1H3,(H2,16,17). The highest BCUT2D eigenvalue weighted by Gasteiger charge is 2.19. The van der Waals surface area contributed by atoms with Gasteiger partial charge in [-0.1, -0.05) is 11.6 Å². The van der Waals surface area contributed by atoms with Crippen molar-refractivity contribution in [3.05, 3.63) is 45.1 Å². The number of non-ortho nitro benzene ring substituents is 1. The van der Waals surface area contributed by atoms with E-state index in [-0.39, 0.29) is 39.0 Å². The Labute approximate surface area is 129 Å². The minimum atomic E-state index is -0.775. The number of hydrogen-bond donors (Lipinski definition) is 2. The minimum Gasteiger partial charge on any atom is -0.464 e. The summed E-state index contributed by atoms with van der Waals surface area (Å²) >= 11 is 5.92. The fraction of sp³-hybridized carbons (Fsp3) is 0.0769. The van der Waals surface area contributed by atoms with Crippen LogP contribution in [0.2, 0.25) is 5.02 Å². The number of nitrogens with two attached hydrogens (primary N) is 2. The number of nitrogens with zero attached hydrogens (tertiary/aromatic N) is 2. The van der Waals surface area contributed by atoms with Gasteiger partial charge in [0.25, 0.3) is 5.69 Å². The van der Waals surface area contributed by atoms with E-state index in [0.29, 0.717) is 0 Å². The van der Waals surface area contributed by atoms with E-state index in [2.05, 4.69) is 9.72 Å². The monoisotopic (exact) mass is 322 g/mol. The molecule has 0 radical (unpaired) electrons. The highest BCUT2D eigenvalue weighted by atomic mass is 35.5. The molecule has 0 spiro atoms. The fourth-order valence-electron chi connectivity index (χ4n) is 1.80. The number of aromatic nitrogens is 1. The SMILES string of the molecule is COC(=O)c1nc(-c2cc([N+](=O)[O-])ccc2N)cc(N)c1Cl. The van der Waals surface area contributed by atoms with Crippen molar-refractivity contribution >= 4 is 34.6 Å². The average molecular weight is 323 g/mol. The van der Waals surface area contributed by atoms with E-state index in [1.807, 2.05) is 0 Å². The number of carbonyl (C=O) groups excluding carboxylic acids is 1. The third-order valence-corrected chi connectivity index (χ3v) is 3.29. The summed E-state index contributed by atoms with van der Waals surface area (Å²) < 4.78 is 4.57. The van der Waals surface area contributed by atoms with Gasteiger partial charge in [-0.2, -0.15) is 0 Å². The Morgan fingerprint density at radius 3 is 2.59 bits per heavy atom. The van der Waals surface area contributed by atoms with Gasteiger partial charge in [0.2, 0.25) is 0 Å². The first-order chi connectivity index (χ1) is 10.3. The zero-order valence-electron chi connectivity index (χ0n) is 11.4. The number of benzene rings is 1. The molecule has 0 fully saturated rings. The highest BCUT2D eigenvalue weighted by molar-refractivity contribution is 6.35. The lowest BCUT2D eigenvalue weighted by Crippen LogP contribution is -2.08. The van der Waals surface area contributed by atoms with Gasteiger partial charge in [0.1, 0.15) is 0 Å². The molecule has 0 saturated carbocycles. The van der Waals surface area contributed by atoms with Gasteiger partial charge in [-0.3, -0.25) is 10.1 Å². The van der Waals surface area contributed by atoms with E-state index >= 15 is 0 Å². The number of rotatable bonds is 3. The Hall–Kier alpha value is -2.87. The number of anilines is 2. The number of nitro benzene ring substituents is 1. The van der Waals surface area contributed by atoms with Crippen LogP contribution in [-0.2, 0) is 4.74 Å². The van der Waals surface area contributed by atoms with Gasteiger partial charge < -0.3 is 16.2 Å². The number of esters is 1. The molecule has 1 aromatic carbocycles. The Bertz CT molecular complexity index is 779. The molecular formula is C13H11ClN4O4. The molecule has 2 rings (SSSR count). The van der Waals surface area contributed by atoms with Crippen molar-refractivity contribution in [3.63, 3.8) is 0 Å². The number of nitro groups is 1. The summed E-state index contributed by atoms with van der Waals surface area (Å²) in [6, 6.07) is 5.26. The maximum atomic E-state index is 11.7. The molecule has 0 amide bonds. The Balaban J connectivity index is 2.68. The molecule has 0 unspecified atom stereocenters. The molecule has 0 aliphatic heterocycles. The molecule has 0 aliphatic rings. The number of hydrogen-bond acceptors (Lipinski definition) is 7. The van der Waals surface area contributed by atoms with Crippen molar-refractivity contribution in [1.29, 1.82) is 0 Å². The van der Waals surface area contributed by atoms with E-state index in [1.54, 1.807) is 0 Å². The number of ether oxygens (including phenoxy) is 1. The second kappa shape index (κ2) is 5.86. The molecular weight excluding hydrogens is 312 g/mol. The van der Waals surface area contributed by atoms with E-state index in [9.17, 15) is 14.9 Å². The quantitative estimate of drug-likeness (QED) is 0.383. The Morgan fingerprint density at radius 1 is 1.32 bits per heavy atom. The number of nitrogen functional groups attached to an aromatic ring is 2. The van der Waals surface area contributed by atoms with E-state index in [0.717, 1.165) is 0 Å². The van der Waals surface area contributed by atoms with Gasteiger partial charge in [0, 0.05) is 23.4 Å². The van der Waals surface area contributed by atoms with Crippen molar-refractivity contribution in [2.24, 2.45) is 0 Å². The fourth-order valence-corrected chi connectivity index (χ4v) is 1.97. The number of pyridine rings is 1. The zero-order chi connectivity index (χ0) is 16.4. The Morgan fingerprint density at radius 2 is 2.00 bits per heavy atom. The summed E-state index contributed by atoms with van der Waals surface area (Å²) in [6.07, 6.45) is 0. The first kappa shape index (κ1) is 15.5. The summed E-state index contributed by atoms with van der Waals surface area (Å²) in [5.41, 5.74) is 12.0. The van der Waals surface area contributed by atoms with Gasteiger partial charge in [-0.05, 0) is 12.1 Å². The average Bonchev–Trinajstić information content (AvgIpc) is 2.49. The largest absolute Gasteiger partial charge is 0.464 e. The second-order valence-corrected chi connectivity index (χ2v) is 4.66. The third-order valence-electron chi connectivity index (χ3n) is 2.89. The molecule has 8 nitrogen and oxygen atoms in total. The molecule has 4 N–H and O–H groups in total. The van der Waals surface area contributed by atoms with Gasteiger partial charge in [0.05, 0.1) is 28.4 Å². The molecule has 0 aliphatic carbocycles. The molecule has 1 heterocycles. The lowest BCUT2D eigenvalue weighted by molar-refractivity contribution is -0.384. The summed E-state index contributed by atoms with van der Waals surface area (Å²) in [4.78, 5) is 26.0. The van der Waals surface area contributed by atoms with Crippen molar-refractivity contribution < 1.29 is 14.5 Å². The van der Waals surface area contributed by atoms with Crippen molar-refractivity contribution in [1.82, 2.24) is 4.98 Å². The molecule has 0 bridgehead atoms. The van der Waals surface area contributed by atoms with Crippen LogP contribution >= 0.6 is 11.6 Å². The van der Waals surface area contributed by atoms with Crippen LogP contribution in [0.15, 0.2) is 24.3 Å².